The third kappa shape index (κ3) is 3.46. The van der Waals surface area contributed by atoms with Gasteiger partial charge in [-0.1, -0.05) is 20.8 Å². The van der Waals surface area contributed by atoms with Gasteiger partial charge in [0.25, 0.3) is 0 Å². The van der Waals surface area contributed by atoms with E-state index in [0.29, 0.717) is 5.41 Å². The van der Waals surface area contributed by atoms with E-state index in [-0.39, 0.29) is 0 Å². The third-order valence-electron chi connectivity index (χ3n) is 1.77. The lowest BCUT2D eigenvalue weighted by molar-refractivity contribution is 0.376. The molecule has 0 amide bonds. The quantitative estimate of drug-likeness (QED) is 0.671. The van der Waals surface area contributed by atoms with E-state index in [2.05, 4.69) is 30.7 Å². The first-order valence-electron chi connectivity index (χ1n) is 4.33. The fourth-order valence-corrected chi connectivity index (χ4v) is 0.969. The molecule has 0 aliphatic heterocycles. The summed E-state index contributed by atoms with van der Waals surface area (Å²) in [5, 5.41) is 0. The van der Waals surface area contributed by atoms with Gasteiger partial charge in [-0.2, -0.15) is 0 Å². The van der Waals surface area contributed by atoms with Gasteiger partial charge in [0.15, 0.2) is 0 Å². The van der Waals surface area contributed by atoms with Gasteiger partial charge in [0.1, 0.15) is 6.33 Å². The highest BCUT2D eigenvalue weighted by molar-refractivity contribution is 4.98. The smallest absolute Gasteiger partial charge is 0.115 e. The van der Waals surface area contributed by atoms with Crippen LogP contribution >= 0.6 is 0 Å². The Morgan fingerprint density at radius 3 is 2.58 bits per heavy atom. The molecule has 2 heteroatoms. The number of hydrogen-bond acceptors (Lipinski definition) is 2. The van der Waals surface area contributed by atoms with Crippen molar-refractivity contribution in [1.29, 1.82) is 0 Å². The van der Waals surface area contributed by atoms with Crippen LogP contribution < -0.4 is 0 Å². The van der Waals surface area contributed by atoms with Crippen molar-refractivity contribution in [2.45, 2.75) is 33.6 Å². The van der Waals surface area contributed by atoms with Crippen molar-refractivity contribution in [1.82, 2.24) is 9.97 Å². The fraction of sp³-hybridized carbons (Fsp3) is 0.600. The molecule has 1 heterocycles. The maximum atomic E-state index is 4.17. The number of rotatable bonds is 2. The lowest BCUT2D eigenvalue weighted by Gasteiger charge is -2.16. The van der Waals surface area contributed by atoms with E-state index in [1.54, 1.807) is 12.5 Å². The molecule has 0 aliphatic carbocycles. The summed E-state index contributed by atoms with van der Waals surface area (Å²) in [5.41, 5.74) is 1.53. The van der Waals surface area contributed by atoms with Crippen LogP contribution in [-0.2, 0) is 6.42 Å². The molecular weight excluding hydrogens is 148 g/mol. The van der Waals surface area contributed by atoms with Gasteiger partial charge < -0.3 is 0 Å². The van der Waals surface area contributed by atoms with Gasteiger partial charge in [-0.15, -0.1) is 0 Å². The second kappa shape index (κ2) is 3.65. The van der Waals surface area contributed by atoms with Gasteiger partial charge in [0.05, 0.1) is 0 Å². The highest BCUT2D eigenvalue weighted by Gasteiger charge is 2.09. The molecule has 66 valence electrons. The Labute approximate surface area is 74.1 Å². The fourth-order valence-electron chi connectivity index (χ4n) is 0.969. The highest BCUT2D eigenvalue weighted by atomic mass is 14.8. The molecular formula is C10H16N2. The molecule has 0 saturated carbocycles. The zero-order valence-corrected chi connectivity index (χ0v) is 8.04. The second-order valence-electron chi connectivity index (χ2n) is 4.26. The summed E-state index contributed by atoms with van der Waals surface area (Å²) in [7, 11) is 0. The first kappa shape index (κ1) is 9.17. The molecule has 1 aromatic heterocycles. The molecule has 2 nitrogen and oxygen atoms in total. The van der Waals surface area contributed by atoms with Crippen molar-refractivity contribution in [2.24, 2.45) is 5.41 Å². The Kier molecular flexibility index (Phi) is 2.79. The van der Waals surface area contributed by atoms with Crippen LogP contribution in [0.2, 0.25) is 0 Å². The molecule has 0 aliphatic rings. The summed E-state index contributed by atoms with van der Waals surface area (Å²) in [6, 6.07) is 1.98. The van der Waals surface area contributed by atoms with E-state index >= 15 is 0 Å². The predicted molar refractivity (Wildman–Crippen MR) is 49.8 cm³/mol. The van der Waals surface area contributed by atoms with Crippen molar-refractivity contribution < 1.29 is 0 Å². The summed E-state index contributed by atoms with van der Waals surface area (Å²) in [4.78, 5) is 8.05. The van der Waals surface area contributed by atoms with Gasteiger partial charge in [-0.25, -0.2) is 9.97 Å². The lowest BCUT2D eigenvalue weighted by Crippen LogP contribution is -2.06. The Morgan fingerprint density at radius 2 is 2.08 bits per heavy atom. The van der Waals surface area contributed by atoms with Crippen LogP contribution in [-0.4, -0.2) is 9.97 Å². The minimum Gasteiger partial charge on any atom is -0.245 e. The van der Waals surface area contributed by atoms with E-state index in [9.17, 15) is 0 Å². The van der Waals surface area contributed by atoms with Crippen LogP contribution in [0.5, 0.6) is 0 Å². The van der Waals surface area contributed by atoms with Gasteiger partial charge in [0, 0.05) is 11.9 Å². The SMILES string of the molecule is CC(C)(C)CCc1ccncn1. The van der Waals surface area contributed by atoms with Crippen molar-refractivity contribution in [3.63, 3.8) is 0 Å². The zero-order valence-electron chi connectivity index (χ0n) is 8.04. The summed E-state index contributed by atoms with van der Waals surface area (Å²) in [6.45, 7) is 6.73. The Balaban J connectivity index is 2.44. The van der Waals surface area contributed by atoms with Crippen LogP contribution in [0.25, 0.3) is 0 Å². The van der Waals surface area contributed by atoms with E-state index < -0.39 is 0 Å². The Morgan fingerprint density at radius 1 is 1.33 bits per heavy atom. The molecule has 0 unspecified atom stereocenters. The maximum absolute atomic E-state index is 4.17. The van der Waals surface area contributed by atoms with Crippen LogP contribution in [0.3, 0.4) is 0 Å². The molecule has 12 heavy (non-hydrogen) atoms. The molecule has 0 fully saturated rings. The van der Waals surface area contributed by atoms with Gasteiger partial charge >= 0.3 is 0 Å². The van der Waals surface area contributed by atoms with Gasteiger partial charge in [-0.05, 0) is 24.3 Å². The van der Waals surface area contributed by atoms with Crippen molar-refractivity contribution >= 4 is 0 Å². The van der Waals surface area contributed by atoms with Crippen LogP contribution in [0, 0.1) is 5.41 Å². The minimum atomic E-state index is 0.394. The largest absolute Gasteiger partial charge is 0.245 e. The first-order valence-corrected chi connectivity index (χ1v) is 4.33. The molecule has 1 aromatic rings. The average molecular weight is 164 g/mol. The minimum absolute atomic E-state index is 0.394. The predicted octanol–water partition coefficient (Wildman–Crippen LogP) is 2.46. The van der Waals surface area contributed by atoms with E-state index in [4.69, 9.17) is 0 Å². The monoisotopic (exact) mass is 164 g/mol. The van der Waals surface area contributed by atoms with Crippen molar-refractivity contribution in [3.05, 3.63) is 24.3 Å². The van der Waals surface area contributed by atoms with E-state index in [1.165, 1.54) is 6.42 Å². The molecule has 0 radical (unpaired) electrons. The van der Waals surface area contributed by atoms with E-state index in [1.807, 2.05) is 6.07 Å². The standard InChI is InChI=1S/C10H16N2/c1-10(2,3)6-4-9-5-7-11-8-12-9/h5,7-8H,4,6H2,1-3H3. The topological polar surface area (TPSA) is 25.8 Å². The zero-order chi connectivity index (χ0) is 9.03. The van der Waals surface area contributed by atoms with Crippen LogP contribution in [0.15, 0.2) is 18.6 Å². The molecule has 1 rings (SSSR count). The Hall–Kier alpha value is -0.920. The molecule has 0 bridgehead atoms. The van der Waals surface area contributed by atoms with E-state index in [0.717, 1.165) is 12.1 Å². The molecule has 0 N–H and O–H groups in total. The normalized spacial score (nSPS) is 11.6. The molecule has 0 atom stereocenters. The molecule has 0 spiro atoms. The maximum Gasteiger partial charge on any atom is 0.115 e. The lowest BCUT2D eigenvalue weighted by atomic mass is 9.90. The third-order valence-corrected chi connectivity index (χ3v) is 1.77. The number of nitrogens with zero attached hydrogens (tertiary/aromatic N) is 2. The van der Waals surface area contributed by atoms with Crippen molar-refractivity contribution in [2.75, 3.05) is 0 Å². The van der Waals surface area contributed by atoms with Gasteiger partial charge in [0.2, 0.25) is 0 Å². The second-order valence-corrected chi connectivity index (χ2v) is 4.26. The Bertz CT molecular complexity index is 223. The molecule has 0 saturated heterocycles. The van der Waals surface area contributed by atoms with Crippen LogP contribution in [0.1, 0.15) is 32.9 Å². The summed E-state index contributed by atoms with van der Waals surface area (Å²) >= 11 is 0. The number of hydrogen-bond donors (Lipinski definition) is 0. The average Bonchev–Trinajstić information content (AvgIpc) is 2.02. The van der Waals surface area contributed by atoms with Crippen molar-refractivity contribution in [3.8, 4) is 0 Å². The van der Waals surface area contributed by atoms with Gasteiger partial charge in [-0.3, -0.25) is 0 Å². The first-order chi connectivity index (χ1) is 5.58. The van der Waals surface area contributed by atoms with Crippen LogP contribution in [0.4, 0.5) is 0 Å². The summed E-state index contributed by atoms with van der Waals surface area (Å²) < 4.78 is 0. The summed E-state index contributed by atoms with van der Waals surface area (Å²) in [6.07, 6.45) is 5.62. The number of aryl methyl sites for hydroxylation is 1. The molecule has 0 aromatic carbocycles. The highest BCUT2D eigenvalue weighted by Crippen LogP contribution is 2.20. The summed E-state index contributed by atoms with van der Waals surface area (Å²) in [5.74, 6) is 0. The number of aromatic nitrogens is 2.